The molecular formula is C30H30N4O4. The SMILES string of the molecule is [C-]#[N+]c1cc2c(c(OC)n1)[C@]1(O)[C@H](O)[C@H](CNC(C)(C)C)[C@@H](c3ccccc3)[C@]1(c1ccc(C#N)cc1)O2. The minimum absolute atomic E-state index is 0.0295. The highest BCUT2D eigenvalue weighted by Gasteiger charge is 2.77. The molecule has 8 nitrogen and oxygen atoms in total. The molecule has 1 aliphatic heterocycles. The van der Waals surface area contributed by atoms with Crippen LogP contribution < -0.4 is 14.8 Å². The van der Waals surface area contributed by atoms with Crippen LogP contribution in [0.4, 0.5) is 5.82 Å². The Morgan fingerprint density at radius 2 is 1.87 bits per heavy atom. The van der Waals surface area contributed by atoms with Gasteiger partial charge >= 0.3 is 5.88 Å². The maximum Gasteiger partial charge on any atom is 0.319 e. The number of pyridine rings is 1. The summed E-state index contributed by atoms with van der Waals surface area (Å²) in [6.07, 6.45) is -1.30. The third kappa shape index (κ3) is 3.65. The zero-order valence-corrected chi connectivity index (χ0v) is 21.8. The highest BCUT2D eigenvalue weighted by atomic mass is 16.5. The number of hydrogen-bond donors (Lipinski definition) is 3. The zero-order valence-electron chi connectivity index (χ0n) is 21.8. The van der Waals surface area contributed by atoms with E-state index in [1.165, 1.54) is 13.2 Å². The van der Waals surface area contributed by atoms with Gasteiger partial charge in [-0.1, -0.05) is 54.0 Å². The normalized spacial score (nSPS) is 27.5. The van der Waals surface area contributed by atoms with Crippen molar-refractivity contribution in [3.8, 4) is 17.7 Å². The van der Waals surface area contributed by atoms with E-state index in [1.54, 1.807) is 24.3 Å². The number of fused-ring (bicyclic) bond motifs is 3. The molecule has 5 rings (SSSR count). The topological polar surface area (TPSA) is 112 Å². The van der Waals surface area contributed by atoms with Crippen molar-refractivity contribution in [2.45, 2.75) is 49.5 Å². The lowest BCUT2D eigenvalue weighted by Crippen LogP contribution is -2.52. The number of aliphatic hydroxyl groups excluding tert-OH is 1. The molecule has 1 fully saturated rings. The number of nitriles is 1. The largest absolute Gasteiger partial charge is 0.479 e. The van der Waals surface area contributed by atoms with Crippen molar-refractivity contribution in [3.63, 3.8) is 0 Å². The number of methoxy groups -OCH3 is 1. The Bertz CT molecular complexity index is 1440. The number of rotatable bonds is 5. The highest BCUT2D eigenvalue weighted by molar-refractivity contribution is 5.62. The van der Waals surface area contributed by atoms with Gasteiger partial charge in [-0.15, -0.1) is 0 Å². The summed E-state index contributed by atoms with van der Waals surface area (Å²) in [5.41, 5.74) is -1.61. The summed E-state index contributed by atoms with van der Waals surface area (Å²) < 4.78 is 12.3. The summed E-state index contributed by atoms with van der Waals surface area (Å²) in [5, 5.41) is 37.9. The fourth-order valence-corrected chi connectivity index (χ4v) is 6.07. The van der Waals surface area contributed by atoms with Gasteiger partial charge in [0.05, 0.1) is 24.8 Å². The molecule has 5 atom stereocenters. The van der Waals surface area contributed by atoms with Gasteiger partial charge < -0.3 is 29.8 Å². The van der Waals surface area contributed by atoms with Crippen LogP contribution in [0.5, 0.6) is 11.6 Å². The molecule has 0 radical (unpaired) electrons. The second-order valence-corrected chi connectivity index (χ2v) is 10.9. The first-order valence-electron chi connectivity index (χ1n) is 12.5. The molecule has 2 aliphatic rings. The standard InChI is InChI=1S/C30H30N4O4/c1-28(2,3)33-17-21-24(19-9-7-6-8-10-19)30(20-13-11-18(16-31)12-14-20)29(36,26(21)35)25-22(38-30)15-23(32-4)34-27(25)37-5/h6-15,21,24,26,33,35-36H,17H2,1-3,5H3/t21-,24-,26-,29+,30+/m1/s1. The lowest BCUT2D eigenvalue weighted by atomic mass is 9.70. The van der Waals surface area contributed by atoms with Crippen LogP contribution in [0.25, 0.3) is 4.85 Å². The lowest BCUT2D eigenvalue weighted by molar-refractivity contribution is -0.152. The van der Waals surface area contributed by atoms with Gasteiger partial charge in [0.2, 0.25) is 0 Å². The molecule has 2 heterocycles. The molecule has 0 bridgehead atoms. The van der Waals surface area contributed by atoms with Crippen molar-refractivity contribution >= 4 is 5.82 Å². The minimum Gasteiger partial charge on any atom is -0.479 e. The predicted molar refractivity (Wildman–Crippen MR) is 141 cm³/mol. The van der Waals surface area contributed by atoms with E-state index in [0.717, 1.165) is 5.56 Å². The van der Waals surface area contributed by atoms with Crippen molar-refractivity contribution in [1.82, 2.24) is 10.3 Å². The smallest absolute Gasteiger partial charge is 0.319 e. The van der Waals surface area contributed by atoms with Gasteiger partial charge in [-0.25, -0.2) is 0 Å². The van der Waals surface area contributed by atoms with E-state index < -0.39 is 29.1 Å². The molecule has 0 amide bonds. The van der Waals surface area contributed by atoms with Crippen LogP contribution >= 0.6 is 0 Å². The molecule has 0 saturated heterocycles. The van der Waals surface area contributed by atoms with Crippen molar-refractivity contribution in [3.05, 3.63) is 94.3 Å². The van der Waals surface area contributed by atoms with Crippen LogP contribution in [0, 0.1) is 23.8 Å². The van der Waals surface area contributed by atoms with Gasteiger partial charge in [0.1, 0.15) is 11.3 Å². The van der Waals surface area contributed by atoms with Gasteiger partial charge in [-0.05, 0) is 44.0 Å². The van der Waals surface area contributed by atoms with E-state index in [0.29, 0.717) is 17.7 Å². The molecule has 0 unspecified atom stereocenters. The third-order valence-electron chi connectivity index (χ3n) is 7.63. The van der Waals surface area contributed by atoms with Crippen LogP contribution in [0.3, 0.4) is 0 Å². The van der Waals surface area contributed by atoms with Crippen molar-refractivity contribution in [2.24, 2.45) is 5.92 Å². The number of aromatic nitrogens is 1. The second-order valence-electron chi connectivity index (χ2n) is 10.9. The maximum atomic E-state index is 12.8. The summed E-state index contributed by atoms with van der Waals surface area (Å²) in [6.45, 7) is 14.0. The molecule has 0 spiro atoms. The predicted octanol–water partition coefficient (Wildman–Crippen LogP) is 4.15. The number of aliphatic hydroxyl groups is 2. The first-order chi connectivity index (χ1) is 18.1. The molecule has 1 aromatic heterocycles. The van der Waals surface area contributed by atoms with E-state index in [4.69, 9.17) is 16.0 Å². The van der Waals surface area contributed by atoms with E-state index >= 15 is 0 Å². The van der Waals surface area contributed by atoms with Gasteiger partial charge in [0, 0.05) is 30.0 Å². The average Bonchev–Trinajstić information content (AvgIpc) is 3.29. The molecule has 1 saturated carbocycles. The van der Waals surface area contributed by atoms with Gasteiger partial charge in [0.15, 0.2) is 11.2 Å². The number of ether oxygens (including phenoxy) is 2. The number of nitrogens with one attached hydrogen (secondary N) is 1. The van der Waals surface area contributed by atoms with Crippen molar-refractivity contribution in [1.29, 1.82) is 5.26 Å². The van der Waals surface area contributed by atoms with Crippen LogP contribution in [-0.4, -0.2) is 40.5 Å². The summed E-state index contributed by atoms with van der Waals surface area (Å²) in [7, 11) is 1.41. The first-order valence-corrected chi connectivity index (χ1v) is 12.5. The molecule has 8 heteroatoms. The molecule has 1 aliphatic carbocycles. The van der Waals surface area contributed by atoms with Crippen LogP contribution in [0.1, 0.15) is 48.9 Å². The Balaban J connectivity index is 1.84. The fourth-order valence-electron chi connectivity index (χ4n) is 6.07. The van der Waals surface area contributed by atoms with Crippen LogP contribution in [0.2, 0.25) is 0 Å². The van der Waals surface area contributed by atoms with Crippen LogP contribution in [0.15, 0.2) is 60.7 Å². The Hall–Kier alpha value is -3.95. The van der Waals surface area contributed by atoms with Gasteiger partial charge in [-0.3, -0.25) is 0 Å². The quantitative estimate of drug-likeness (QED) is 0.442. The van der Waals surface area contributed by atoms with Crippen molar-refractivity contribution < 1.29 is 19.7 Å². The molecule has 38 heavy (non-hydrogen) atoms. The Labute approximate surface area is 222 Å². The third-order valence-corrected chi connectivity index (χ3v) is 7.63. The summed E-state index contributed by atoms with van der Waals surface area (Å²) in [4.78, 5) is 7.74. The number of nitrogens with zero attached hydrogens (tertiary/aromatic N) is 3. The lowest BCUT2D eigenvalue weighted by Gasteiger charge is -2.40. The number of benzene rings is 2. The number of hydrogen-bond acceptors (Lipinski definition) is 7. The highest BCUT2D eigenvalue weighted by Crippen LogP contribution is 2.69. The minimum atomic E-state index is -1.99. The van der Waals surface area contributed by atoms with E-state index in [9.17, 15) is 15.5 Å². The first kappa shape index (κ1) is 25.7. The van der Waals surface area contributed by atoms with Crippen LogP contribution in [-0.2, 0) is 11.2 Å². The molecule has 3 N–H and O–H groups in total. The molecule has 3 aromatic rings. The Morgan fingerprint density at radius 1 is 1.18 bits per heavy atom. The van der Waals surface area contributed by atoms with E-state index in [-0.39, 0.29) is 28.5 Å². The Morgan fingerprint density at radius 3 is 2.45 bits per heavy atom. The average molecular weight is 511 g/mol. The molecule has 2 aromatic carbocycles. The summed E-state index contributed by atoms with van der Waals surface area (Å²) >= 11 is 0. The second kappa shape index (κ2) is 9.11. The molecular weight excluding hydrogens is 480 g/mol. The summed E-state index contributed by atoms with van der Waals surface area (Å²) in [6, 6.07) is 20.1. The van der Waals surface area contributed by atoms with E-state index in [2.05, 4.69) is 21.2 Å². The zero-order chi connectivity index (χ0) is 27.3. The van der Waals surface area contributed by atoms with Crippen molar-refractivity contribution in [2.75, 3.05) is 13.7 Å². The monoisotopic (exact) mass is 510 g/mol. The van der Waals surface area contributed by atoms with Gasteiger partial charge in [-0.2, -0.15) is 5.26 Å². The van der Waals surface area contributed by atoms with Gasteiger partial charge in [0.25, 0.3) is 5.82 Å². The fraction of sp³-hybridized carbons (Fsp3) is 0.367. The summed E-state index contributed by atoms with van der Waals surface area (Å²) in [5.74, 6) is -0.703. The molecule has 194 valence electrons. The maximum absolute atomic E-state index is 12.8. The van der Waals surface area contributed by atoms with E-state index in [1.807, 2.05) is 51.1 Å². The Kier molecular flexibility index (Phi) is 6.16.